The molecule has 3 amide bonds. The van der Waals surface area contributed by atoms with Gasteiger partial charge in [0.05, 0.1) is 6.04 Å². The highest BCUT2D eigenvalue weighted by molar-refractivity contribution is 7.80. The Morgan fingerprint density at radius 3 is 2.14 bits per heavy atom. The number of hydrogen-bond donors (Lipinski definition) is 6. The van der Waals surface area contributed by atoms with Gasteiger partial charge in [-0.3, -0.25) is 19.3 Å². The minimum absolute atomic E-state index is 0.115. The maximum Gasteiger partial charge on any atom is 0.243 e. The molecule has 2 unspecified atom stereocenters. The van der Waals surface area contributed by atoms with Crippen molar-refractivity contribution in [2.24, 2.45) is 5.73 Å². The summed E-state index contributed by atoms with van der Waals surface area (Å²) in [4.78, 5) is 36.3. The van der Waals surface area contributed by atoms with Crippen LogP contribution < -0.4 is 16.4 Å². The summed E-state index contributed by atoms with van der Waals surface area (Å²) in [6.45, 7) is 0.295. The van der Waals surface area contributed by atoms with E-state index in [1.807, 2.05) is 0 Å². The molecule has 4 N–H and O–H groups in total. The molecule has 0 bridgehead atoms. The lowest BCUT2D eigenvalue weighted by atomic mass is 10.2. The van der Waals surface area contributed by atoms with Crippen molar-refractivity contribution in [2.75, 3.05) is 31.0 Å². The molecule has 0 aliphatic heterocycles. The van der Waals surface area contributed by atoms with Crippen molar-refractivity contribution >= 4 is 55.6 Å². The standard InChI is InChI=1S/C11H22N4O3S3/c1-13-10(17)7(4-19)14-11(18)8(5-20)15(6-21)3-2-9(12)16/h7-8,19-21H,2-6H2,1H3,(H2,12,16)(H,13,17)(H,14,18). The second-order valence-electron chi connectivity index (χ2n) is 4.23. The summed E-state index contributed by atoms with van der Waals surface area (Å²) in [5.41, 5.74) is 5.10. The number of amides is 3. The summed E-state index contributed by atoms with van der Waals surface area (Å²) in [5, 5.41) is 5.05. The molecule has 7 nitrogen and oxygen atoms in total. The monoisotopic (exact) mass is 354 g/mol. The Bertz CT molecular complexity index is 371. The van der Waals surface area contributed by atoms with Crippen LogP contribution in [0, 0.1) is 0 Å². The van der Waals surface area contributed by atoms with E-state index in [2.05, 4.69) is 48.5 Å². The van der Waals surface area contributed by atoms with Crippen molar-refractivity contribution in [1.29, 1.82) is 0 Å². The number of nitrogens with one attached hydrogen (secondary N) is 2. The molecule has 10 heteroatoms. The van der Waals surface area contributed by atoms with Crippen LogP contribution in [0.2, 0.25) is 0 Å². The van der Waals surface area contributed by atoms with Gasteiger partial charge in [-0.2, -0.15) is 37.9 Å². The highest BCUT2D eigenvalue weighted by atomic mass is 32.1. The first-order valence-electron chi connectivity index (χ1n) is 6.28. The second-order valence-corrected chi connectivity index (χ2v) is 5.24. The van der Waals surface area contributed by atoms with E-state index in [1.54, 1.807) is 4.90 Å². The number of nitrogens with zero attached hydrogens (tertiary/aromatic N) is 1. The van der Waals surface area contributed by atoms with Crippen LogP contribution in [0.25, 0.3) is 0 Å². The molecule has 0 rings (SSSR count). The third-order valence-electron chi connectivity index (χ3n) is 2.81. The van der Waals surface area contributed by atoms with E-state index in [0.29, 0.717) is 6.54 Å². The van der Waals surface area contributed by atoms with Gasteiger partial charge in [-0.25, -0.2) is 0 Å². The fourth-order valence-electron chi connectivity index (χ4n) is 1.58. The second kappa shape index (κ2) is 11.0. The molecular formula is C11H22N4O3S3. The predicted octanol–water partition coefficient (Wildman–Crippen LogP) is -1.49. The zero-order valence-electron chi connectivity index (χ0n) is 11.8. The van der Waals surface area contributed by atoms with Crippen LogP contribution in [0.5, 0.6) is 0 Å². The number of carbonyl (C=O) groups is 3. The molecule has 0 aromatic rings. The lowest BCUT2D eigenvalue weighted by molar-refractivity contribution is -0.130. The minimum atomic E-state index is -0.730. The summed E-state index contributed by atoms with van der Waals surface area (Å²) in [5.74, 6) is -0.502. The molecule has 2 atom stereocenters. The van der Waals surface area contributed by atoms with Crippen LogP contribution in [0.3, 0.4) is 0 Å². The van der Waals surface area contributed by atoms with Gasteiger partial charge in [-0.05, 0) is 0 Å². The zero-order chi connectivity index (χ0) is 16.4. The van der Waals surface area contributed by atoms with Crippen molar-refractivity contribution in [3.63, 3.8) is 0 Å². The van der Waals surface area contributed by atoms with E-state index in [-0.39, 0.29) is 35.6 Å². The van der Waals surface area contributed by atoms with E-state index in [1.165, 1.54) is 7.05 Å². The normalized spacial score (nSPS) is 13.6. The molecule has 0 radical (unpaired) electrons. The maximum absolute atomic E-state index is 12.2. The summed E-state index contributed by atoms with van der Waals surface area (Å²) >= 11 is 12.3. The van der Waals surface area contributed by atoms with Gasteiger partial charge in [0.2, 0.25) is 17.7 Å². The number of nitrogens with two attached hydrogens (primary N) is 1. The van der Waals surface area contributed by atoms with E-state index in [9.17, 15) is 14.4 Å². The van der Waals surface area contributed by atoms with Gasteiger partial charge >= 0.3 is 0 Å². The lowest BCUT2D eigenvalue weighted by Gasteiger charge is -2.29. The van der Waals surface area contributed by atoms with Gasteiger partial charge in [0.15, 0.2) is 0 Å². The number of thiol groups is 3. The average Bonchev–Trinajstić information content (AvgIpc) is 2.47. The first-order valence-corrected chi connectivity index (χ1v) is 8.17. The smallest absolute Gasteiger partial charge is 0.243 e. The largest absolute Gasteiger partial charge is 0.370 e. The van der Waals surface area contributed by atoms with E-state index in [4.69, 9.17) is 5.73 Å². The van der Waals surface area contributed by atoms with Gasteiger partial charge in [-0.15, -0.1) is 0 Å². The van der Waals surface area contributed by atoms with Crippen molar-refractivity contribution in [1.82, 2.24) is 15.5 Å². The molecule has 0 aliphatic carbocycles. The van der Waals surface area contributed by atoms with Crippen molar-refractivity contribution in [3.8, 4) is 0 Å². The molecule has 0 saturated heterocycles. The molecule has 0 heterocycles. The van der Waals surface area contributed by atoms with Crippen LogP contribution in [0.15, 0.2) is 0 Å². The third kappa shape index (κ3) is 7.30. The molecule has 0 fully saturated rings. The average molecular weight is 355 g/mol. The van der Waals surface area contributed by atoms with Crippen molar-refractivity contribution in [2.45, 2.75) is 18.5 Å². The molecule has 0 aromatic heterocycles. The van der Waals surface area contributed by atoms with Crippen LogP contribution >= 0.6 is 37.9 Å². The van der Waals surface area contributed by atoms with Crippen LogP contribution in [-0.4, -0.2) is 65.7 Å². The lowest BCUT2D eigenvalue weighted by Crippen LogP contribution is -2.55. The van der Waals surface area contributed by atoms with Gasteiger partial charge < -0.3 is 16.4 Å². The fraction of sp³-hybridized carbons (Fsp3) is 0.727. The molecule has 0 aromatic carbocycles. The van der Waals surface area contributed by atoms with Gasteiger partial charge in [0, 0.05) is 37.4 Å². The van der Waals surface area contributed by atoms with Crippen LogP contribution in [-0.2, 0) is 14.4 Å². The topological polar surface area (TPSA) is 105 Å². The number of rotatable bonds is 10. The van der Waals surface area contributed by atoms with Crippen molar-refractivity contribution < 1.29 is 14.4 Å². The third-order valence-corrected chi connectivity index (χ3v) is 3.88. The van der Waals surface area contributed by atoms with Crippen LogP contribution in [0.1, 0.15) is 6.42 Å². The Morgan fingerprint density at radius 1 is 1.14 bits per heavy atom. The highest BCUT2D eigenvalue weighted by Gasteiger charge is 2.27. The van der Waals surface area contributed by atoms with Gasteiger partial charge in [0.1, 0.15) is 6.04 Å². The highest BCUT2D eigenvalue weighted by Crippen LogP contribution is 2.06. The van der Waals surface area contributed by atoms with Gasteiger partial charge in [-0.1, -0.05) is 0 Å². The number of primary amides is 1. The number of hydrogen-bond acceptors (Lipinski definition) is 7. The first-order chi connectivity index (χ1) is 9.90. The molecule has 0 saturated carbocycles. The van der Waals surface area contributed by atoms with E-state index in [0.717, 1.165) is 0 Å². The predicted molar refractivity (Wildman–Crippen MR) is 91.9 cm³/mol. The molecular weight excluding hydrogens is 332 g/mol. The summed E-state index contributed by atoms with van der Waals surface area (Å²) in [7, 11) is 1.48. The minimum Gasteiger partial charge on any atom is -0.370 e. The molecule has 21 heavy (non-hydrogen) atoms. The maximum atomic E-state index is 12.2. The Kier molecular flexibility index (Phi) is 10.7. The zero-order valence-corrected chi connectivity index (χ0v) is 14.5. The van der Waals surface area contributed by atoms with Crippen molar-refractivity contribution in [3.05, 3.63) is 0 Å². The molecule has 0 spiro atoms. The van der Waals surface area contributed by atoms with E-state index >= 15 is 0 Å². The summed E-state index contributed by atoms with van der Waals surface area (Å²) in [6, 6.07) is -1.34. The Labute approximate surface area is 141 Å². The quantitative estimate of drug-likeness (QED) is 0.212. The SMILES string of the molecule is CNC(=O)C(CS)NC(=O)C(CS)N(CS)CCC(N)=O. The number of likely N-dealkylation sites (N-methyl/N-ethyl adjacent to an activating group) is 1. The molecule has 0 aliphatic rings. The number of carbonyl (C=O) groups excluding carboxylic acids is 3. The Balaban J connectivity index is 4.77. The summed E-state index contributed by atoms with van der Waals surface area (Å²) in [6.07, 6.45) is 0.115. The van der Waals surface area contributed by atoms with Crippen LogP contribution in [0.4, 0.5) is 0 Å². The Morgan fingerprint density at radius 2 is 1.76 bits per heavy atom. The Hall–Kier alpha value is -0.580. The van der Waals surface area contributed by atoms with E-state index < -0.39 is 18.0 Å². The summed E-state index contributed by atoms with van der Waals surface area (Å²) < 4.78 is 0. The molecule has 122 valence electrons. The van der Waals surface area contributed by atoms with Gasteiger partial charge in [0.25, 0.3) is 0 Å². The first kappa shape index (κ1) is 20.4. The fourth-order valence-corrected chi connectivity index (χ4v) is 2.57.